The fraction of sp³-hybridized carbons (Fsp3) is 0.625. The maximum Gasteiger partial charge on any atom is -1.00 e. The Bertz CT molecular complexity index is 812. The van der Waals surface area contributed by atoms with Crippen molar-refractivity contribution in [1.82, 2.24) is 0 Å². The molecule has 0 unspecified atom stereocenters. The van der Waals surface area contributed by atoms with E-state index in [1.165, 1.54) is 135 Å². The molecule has 1 aliphatic rings. The third-order valence-corrected chi connectivity index (χ3v) is 9.62. The van der Waals surface area contributed by atoms with E-state index in [4.69, 9.17) is 0 Å². The van der Waals surface area contributed by atoms with Crippen LogP contribution in [-0.2, 0) is 0 Å². The first-order valence-corrected chi connectivity index (χ1v) is 16.6. The largest absolute Gasteiger partial charge is 1.00 e. The number of nitrogens with zero attached hydrogens (tertiary/aromatic N) is 2. The molecule has 1 N–H and O–H groups in total. The molecule has 0 spiro atoms. The van der Waals surface area contributed by atoms with Gasteiger partial charge in [0.15, 0.2) is 0 Å². The van der Waals surface area contributed by atoms with Crippen LogP contribution in [0.3, 0.4) is 0 Å². The molecule has 0 bridgehead atoms. The number of hydrogen-bond donors (Lipinski definition) is 1. The predicted octanol–water partition coefficient (Wildman–Crippen LogP) is 4.78. The van der Waals surface area contributed by atoms with Gasteiger partial charge in [0.2, 0.25) is 0 Å². The van der Waals surface area contributed by atoms with Crippen LogP contribution >= 0.6 is 0 Å². The van der Waals surface area contributed by atoms with E-state index in [9.17, 15) is 0 Å². The smallest absolute Gasteiger partial charge is 1.00 e. The predicted molar refractivity (Wildman–Crippen MR) is 164 cm³/mol. The van der Waals surface area contributed by atoms with Crippen LogP contribution in [0.25, 0.3) is 0 Å². The zero-order valence-electron chi connectivity index (χ0n) is 24.0. The molecule has 207 valence electrons. The van der Waals surface area contributed by atoms with Gasteiger partial charge in [-0.2, -0.15) is 0 Å². The molecular formula is C32H51IN3Se. The molecule has 0 saturated carbocycles. The molecule has 3 nitrogen and oxygen atoms in total. The zero-order chi connectivity index (χ0) is 25.6. The van der Waals surface area contributed by atoms with Crippen molar-refractivity contribution in [3.63, 3.8) is 0 Å². The van der Waals surface area contributed by atoms with Gasteiger partial charge in [0, 0.05) is 0 Å². The van der Waals surface area contributed by atoms with Crippen LogP contribution in [0.1, 0.15) is 105 Å². The summed E-state index contributed by atoms with van der Waals surface area (Å²) in [5.41, 5.74) is 5.46. The number of benzene rings is 2. The topological polar surface area (TPSA) is 18.5 Å². The summed E-state index contributed by atoms with van der Waals surface area (Å²) in [5, 5.41) is 3.76. The van der Waals surface area contributed by atoms with E-state index < -0.39 is 0 Å². The second-order valence-corrected chi connectivity index (χ2v) is 12.7. The Balaban J connectivity index is 0.00000481. The Morgan fingerprint density at radius 3 is 1.22 bits per heavy atom. The van der Waals surface area contributed by atoms with Crippen molar-refractivity contribution in [1.29, 1.82) is 0 Å². The number of anilines is 4. The summed E-state index contributed by atoms with van der Waals surface area (Å²) < 4.78 is 3.01. The van der Waals surface area contributed by atoms with Crippen molar-refractivity contribution in [3.05, 3.63) is 36.4 Å². The summed E-state index contributed by atoms with van der Waals surface area (Å²) >= 11 is 0.332. The molecule has 2 aromatic rings. The average Bonchev–Trinajstić information content (AvgIpc) is 2.90. The van der Waals surface area contributed by atoms with Gasteiger partial charge in [-0.25, -0.2) is 0 Å². The van der Waals surface area contributed by atoms with E-state index in [0.717, 1.165) is 0 Å². The molecule has 0 amide bonds. The molecule has 1 heterocycles. The van der Waals surface area contributed by atoms with Gasteiger partial charge in [-0.1, -0.05) is 0 Å². The van der Waals surface area contributed by atoms with Crippen LogP contribution in [0.15, 0.2) is 36.4 Å². The molecule has 1 radical (unpaired) electrons. The van der Waals surface area contributed by atoms with Crippen molar-refractivity contribution in [2.75, 3.05) is 41.3 Å². The molecule has 1 aliphatic heterocycles. The van der Waals surface area contributed by atoms with E-state index in [-0.39, 0.29) is 24.0 Å². The number of halogens is 1. The van der Waals surface area contributed by atoms with E-state index in [2.05, 4.69) is 79.2 Å². The van der Waals surface area contributed by atoms with Crippen LogP contribution in [0.4, 0.5) is 22.7 Å². The van der Waals surface area contributed by atoms with Gasteiger partial charge >= 0.3 is 229 Å². The summed E-state index contributed by atoms with van der Waals surface area (Å²) in [5.74, 6) is 0. The van der Waals surface area contributed by atoms with E-state index in [1.54, 1.807) is 0 Å². The Morgan fingerprint density at radius 1 is 0.541 bits per heavy atom. The third kappa shape index (κ3) is 10.3. The maximum atomic E-state index is 3.76. The Labute approximate surface area is 251 Å². The SMILES string of the molecule is CCCCCN(CCCCC)c1ccc2c(c1)[Se+]c1cc(N(CCCCC)CCCCC)ccc1N2.[I-]. The summed E-state index contributed by atoms with van der Waals surface area (Å²) in [7, 11) is 0. The fourth-order valence-electron chi connectivity index (χ4n) is 5.01. The van der Waals surface area contributed by atoms with Gasteiger partial charge in [-0.3, -0.25) is 0 Å². The van der Waals surface area contributed by atoms with Gasteiger partial charge in [-0.05, 0) is 0 Å². The first-order valence-electron chi connectivity index (χ1n) is 14.9. The van der Waals surface area contributed by atoms with Crippen LogP contribution in [0.5, 0.6) is 0 Å². The molecular weight excluding hydrogens is 632 g/mol. The number of unbranched alkanes of at least 4 members (excludes halogenated alkanes) is 8. The summed E-state index contributed by atoms with van der Waals surface area (Å²) in [6, 6.07) is 14.4. The normalized spacial score (nSPS) is 11.8. The molecule has 2 aromatic carbocycles. The molecule has 0 aromatic heterocycles. The molecule has 0 fully saturated rings. The fourth-order valence-corrected chi connectivity index (χ4v) is 7.22. The van der Waals surface area contributed by atoms with E-state index in [1.807, 2.05) is 0 Å². The summed E-state index contributed by atoms with van der Waals surface area (Å²) in [6.45, 7) is 13.9. The number of fused-ring (bicyclic) bond motifs is 2. The quantitative estimate of drug-likeness (QED) is 0.119. The maximum absolute atomic E-state index is 3.76. The molecule has 0 atom stereocenters. The van der Waals surface area contributed by atoms with Gasteiger partial charge in [-0.15, -0.1) is 0 Å². The minimum absolute atomic E-state index is 0. The minimum atomic E-state index is 0. The van der Waals surface area contributed by atoms with E-state index >= 15 is 0 Å². The van der Waals surface area contributed by atoms with Gasteiger partial charge in [0.25, 0.3) is 0 Å². The van der Waals surface area contributed by atoms with Gasteiger partial charge in [0.1, 0.15) is 0 Å². The summed E-state index contributed by atoms with van der Waals surface area (Å²) in [4.78, 5) is 5.30. The van der Waals surface area contributed by atoms with Gasteiger partial charge in [0.05, 0.1) is 0 Å². The second kappa shape index (κ2) is 18.4. The average molecular weight is 684 g/mol. The third-order valence-electron chi connectivity index (χ3n) is 7.28. The molecule has 0 aliphatic carbocycles. The summed E-state index contributed by atoms with van der Waals surface area (Å²) in [6.07, 6.45) is 15.6. The second-order valence-electron chi connectivity index (χ2n) is 10.4. The van der Waals surface area contributed by atoms with Crippen molar-refractivity contribution in [2.45, 2.75) is 105 Å². The van der Waals surface area contributed by atoms with Crippen LogP contribution < -0.4 is 48.0 Å². The molecule has 3 rings (SSSR count). The van der Waals surface area contributed by atoms with Gasteiger partial charge < -0.3 is 24.0 Å². The molecule has 0 saturated heterocycles. The minimum Gasteiger partial charge on any atom is -1.00 e. The Morgan fingerprint density at radius 2 is 0.892 bits per heavy atom. The number of hydrogen-bond acceptors (Lipinski definition) is 3. The van der Waals surface area contributed by atoms with Crippen molar-refractivity contribution in [3.8, 4) is 0 Å². The van der Waals surface area contributed by atoms with Crippen LogP contribution in [0, 0.1) is 0 Å². The zero-order valence-corrected chi connectivity index (χ0v) is 27.8. The van der Waals surface area contributed by atoms with Crippen LogP contribution in [-0.4, -0.2) is 41.1 Å². The molecule has 37 heavy (non-hydrogen) atoms. The Kier molecular flexibility index (Phi) is 16.1. The van der Waals surface area contributed by atoms with E-state index in [0.29, 0.717) is 15.0 Å². The monoisotopic (exact) mass is 684 g/mol. The van der Waals surface area contributed by atoms with Crippen molar-refractivity contribution >= 4 is 46.6 Å². The number of rotatable bonds is 18. The van der Waals surface area contributed by atoms with Crippen molar-refractivity contribution < 1.29 is 24.0 Å². The first-order chi connectivity index (χ1) is 17.7. The standard InChI is InChI=1S/C32H51N3Se.HI/c1-5-9-13-21-34(22-14-10-6-2)27-17-19-29-31(25-27)36-32-26-28(18-20-30(32)33-29)35(23-15-11-7-3)24-16-12-8-4;/h17-20,25-26,33H,5-16,21-24H2,1-4H3;1H/q+1;/p-1. The van der Waals surface area contributed by atoms with Crippen LogP contribution in [0.2, 0.25) is 0 Å². The molecule has 5 heteroatoms. The number of nitrogens with one attached hydrogen (secondary N) is 1. The van der Waals surface area contributed by atoms with Crippen molar-refractivity contribution in [2.24, 2.45) is 0 Å². The first kappa shape index (κ1) is 32.3. The Hall–Kier alpha value is -0.911.